The van der Waals surface area contributed by atoms with Crippen molar-refractivity contribution in [2.45, 2.75) is 33.4 Å². The quantitative estimate of drug-likeness (QED) is 0.731. The van der Waals surface area contributed by atoms with E-state index in [1.807, 2.05) is 56.5 Å². The number of carbonyl (C=O) groups is 2. The second kappa shape index (κ2) is 10.0. The first-order chi connectivity index (χ1) is 13.9. The van der Waals surface area contributed by atoms with Crippen molar-refractivity contribution >= 4 is 28.8 Å². The highest BCUT2D eigenvalue weighted by atomic mass is 32.1. The third-order valence-corrected chi connectivity index (χ3v) is 6.34. The minimum absolute atomic E-state index is 0.0117. The molecule has 2 N–H and O–H groups in total. The molecule has 1 aliphatic rings. The number of thiophene rings is 1. The van der Waals surface area contributed by atoms with Crippen molar-refractivity contribution in [3.8, 4) is 0 Å². The number of hydrogen-bond acceptors (Lipinski definition) is 5. The van der Waals surface area contributed by atoms with Crippen LogP contribution in [0, 0.1) is 13.8 Å². The summed E-state index contributed by atoms with van der Waals surface area (Å²) in [6.07, 6.45) is 0. The van der Waals surface area contributed by atoms with E-state index in [2.05, 4.69) is 20.4 Å². The minimum Gasteiger partial charge on any atom is -0.350 e. The summed E-state index contributed by atoms with van der Waals surface area (Å²) in [5.74, 6) is 0.0669. The molecule has 1 aromatic carbocycles. The van der Waals surface area contributed by atoms with Crippen LogP contribution in [0.3, 0.4) is 0 Å². The van der Waals surface area contributed by atoms with Crippen molar-refractivity contribution in [1.29, 1.82) is 0 Å². The van der Waals surface area contributed by atoms with Crippen LogP contribution in [0.2, 0.25) is 0 Å². The third kappa shape index (κ3) is 5.88. The van der Waals surface area contributed by atoms with Gasteiger partial charge in [-0.25, -0.2) is 0 Å². The van der Waals surface area contributed by atoms with E-state index in [4.69, 9.17) is 0 Å². The van der Waals surface area contributed by atoms with E-state index < -0.39 is 0 Å². The number of para-hydroxylation sites is 1. The van der Waals surface area contributed by atoms with Crippen LogP contribution in [0.25, 0.3) is 0 Å². The summed E-state index contributed by atoms with van der Waals surface area (Å²) in [5, 5.41) is 8.08. The number of nitrogens with zero attached hydrogens (tertiary/aromatic N) is 2. The Labute approximate surface area is 176 Å². The van der Waals surface area contributed by atoms with E-state index >= 15 is 0 Å². The van der Waals surface area contributed by atoms with Crippen LogP contribution in [-0.4, -0.2) is 60.4 Å². The van der Waals surface area contributed by atoms with Gasteiger partial charge in [0.15, 0.2) is 0 Å². The number of aryl methyl sites for hydroxylation is 2. The van der Waals surface area contributed by atoms with Crippen LogP contribution in [0.4, 0.5) is 5.69 Å². The largest absolute Gasteiger partial charge is 0.350 e. The topological polar surface area (TPSA) is 64.7 Å². The molecule has 1 atom stereocenters. The summed E-state index contributed by atoms with van der Waals surface area (Å²) < 4.78 is 0. The predicted molar refractivity (Wildman–Crippen MR) is 118 cm³/mol. The van der Waals surface area contributed by atoms with Crippen LogP contribution >= 0.6 is 11.3 Å². The third-order valence-electron chi connectivity index (χ3n) is 5.46. The molecule has 2 amide bonds. The molecule has 1 fully saturated rings. The number of nitrogens with one attached hydrogen (secondary N) is 2. The smallest absolute Gasteiger partial charge is 0.238 e. The molecule has 156 valence electrons. The minimum atomic E-state index is -0.166. The van der Waals surface area contributed by atoms with Crippen molar-refractivity contribution in [3.63, 3.8) is 0 Å². The Hall–Kier alpha value is -2.22. The van der Waals surface area contributed by atoms with E-state index in [1.54, 1.807) is 11.3 Å². The number of hydrogen-bond donors (Lipinski definition) is 2. The van der Waals surface area contributed by atoms with Crippen LogP contribution in [0.1, 0.15) is 22.9 Å². The molecule has 1 aromatic heterocycles. The van der Waals surface area contributed by atoms with Gasteiger partial charge < -0.3 is 10.6 Å². The molecule has 6 nitrogen and oxygen atoms in total. The Balaban J connectivity index is 1.42. The molecule has 0 bridgehead atoms. The molecule has 0 saturated carbocycles. The van der Waals surface area contributed by atoms with Crippen molar-refractivity contribution in [3.05, 3.63) is 51.7 Å². The number of anilines is 1. The maximum absolute atomic E-state index is 12.5. The number of amides is 2. The fourth-order valence-corrected chi connectivity index (χ4v) is 4.25. The average Bonchev–Trinajstić information content (AvgIpc) is 3.23. The predicted octanol–water partition coefficient (Wildman–Crippen LogP) is 2.63. The second-order valence-corrected chi connectivity index (χ2v) is 8.63. The first-order valence-electron chi connectivity index (χ1n) is 10.1. The highest BCUT2D eigenvalue weighted by molar-refractivity contribution is 7.09. The lowest BCUT2D eigenvalue weighted by molar-refractivity contribution is -0.127. The molecule has 7 heteroatoms. The van der Waals surface area contributed by atoms with Gasteiger partial charge in [-0.1, -0.05) is 24.3 Å². The summed E-state index contributed by atoms with van der Waals surface area (Å²) in [7, 11) is 0. The van der Waals surface area contributed by atoms with Gasteiger partial charge in [0.25, 0.3) is 0 Å². The van der Waals surface area contributed by atoms with Crippen LogP contribution in [0.5, 0.6) is 0 Å². The van der Waals surface area contributed by atoms with Gasteiger partial charge in [0.2, 0.25) is 11.8 Å². The fraction of sp³-hybridized carbons (Fsp3) is 0.455. The Morgan fingerprint density at radius 2 is 1.76 bits per heavy atom. The molecule has 2 heterocycles. The zero-order valence-electron chi connectivity index (χ0n) is 17.4. The monoisotopic (exact) mass is 414 g/mol. The average molecular weight is 415 g/mol. The van der Waals surface area contributed by atoms with Gasteiger partial charge in [0.05, 0.1) is 19.1 Å². The molecule has 1 unspecified atom stereocenters. The van der Waals surface area contributed by atoms with Crippen LogP contribution < -0.4 is 10.6 Å². The molecule has 0 radical (unpaired) electrons. The zero-order valence-corrected chi connectivity index (χ0v) is 18.2. The fourth-order valence-electron chi connectivity index (χ4n) is 3.60. The van der Waals surface area contributed by atoms with Crippen molar-refractivity contribution in [1.82, 2.24) is 15.1 Å². The van der Waals surface area contributed by atoms with E-state index in [-0.39, 0.29) is 17.9 Å². The van der Waals surface area contributed by atoms with Gasteiger partial charge in [0.1, 0.15) is 0 Å². The first-order valence-corrected chi connectivity index (χ1v) is 10.9. The van der Waals surface area contributed by atoms with E-state index in [0.29, 0.717) is 13.1 Å². The molecule has 1 aliphatic heterocycles. The molecular weight excluding hydrogens is 384 g/mol. The second-order valence-electron chi connectivity index (χ2n) is 7.60. The lowest BCUT2D eigenvalue weighted by Gasteiger charge is -2.37. The van der Waals surface area contributed by atoms with Crippen LogP contribution in [-0.2, 0) is 16.1 Å². The molecule has 3 rings (SSSR count). The molecular formula is C22H30N4O2S. The van der Waals surface area contributed by atoms with Gasteiger partial charge in [0, 0.05) is 36.7 Å². The molecule has 2 aromatic rings. The highest BCUT2D eigenvalue weighted by Crippen LogP contribution is 2.19. The number of piperazine rings is 1. The Bertz CT molecular complexity index is 809. The lowest BCUT2D eigenvalue weighted by atomic mass is 10.1. The van der Waals surface area contributed by atoms with Gasteiger partial charge in [-0.15, -0.1) is 11.3 Å². The summed E-state index contributed by atoms with van der Waals surface area (Å²) >= 11 is 1.65. The zero-order chi connectivity index (χ0) is 20.8. The van der Waals surface area contributed by atoms with E-state index in [0.717, 1.165) is 47.9 Å². The summed E-state index contributed by atoms with van der Waals surface area (Å²) in [4.78, 5) is 30.4. The number of rotatable bonds is 7. The van der Waals surface area contributed by atoms with Gasteiger partial charge >= 0.3 is 0 Å². The maximum atomic E-state index is 12.5. The van der Waals surface area contributed by atoms with Gasteiger partial charge in [-0.2, -0.15) is 0 Å². The van der Waals surface area contributed by atoms with Crippen molar-refractivity contribution in [2.75, 3.05) is 38.0 Å². The molecule has 0 spiro atoms. The highest BCUT2D eigenvalue weighted by Gasteiger charge is 2.26. The van der Waals surface area contributed by atoms with Gasteiger partial charge in [-0.05, 0) is 43.3 Å². The standard InChI is InChI=1S/C22H30N4O2S/c1-16-6-4-7-17(2)21(16)24-20(27)15-25-9-11-26(12-10-25)18(3)22(28)23-14-19-8-5-13-29-19/h4-8,13,18H,9-12,14-15H2,1-3H3,(H,23,28)(H,24,27). The normalized spacial score (nSPS) is 16.4. The Kier molecular flexibility index (Phi) is 7.41. The number of benzene rings is 1. The van der Waals surface area contributed by atoms with Crippen molar-refractivity contribution < 1.29 is 9.59 Å². The molecule has 1 saturated heterocycles. The first kappa shape index (κ1) is 21.5. The Morgan fingerprint density at radius 3 is 2.38 bits per heavy atom. The van der Waals surface area contributed by atoms with Crippen molar-refractivity contribution in [2.24, 2.45) is 0 Å². The van der Waals surface area contributed by atoms with E-state index in [9.17, 15) is 9.59 Å². The SMILES string of the molecule is Cc1cccc(C)c1NC(=O)CN1CCN(C(C)C(=O)NCc2cccs2)CC1. The molecule has 0 aliphatic carbocycles. The van der Waals surface area contributed by atoms with Crippen LogP contribution in [0.15, 0.2) is 35.7 Å². The summed E-state index contributed by atoms with van der Waals surface area (Å²) in [6, 6.07) is 9.86. The summed E-state index contributed by atoms with van der Waals surface area (Å²) in [5.41, 5.74) is 3.06. The molecule has 29 heavy (non-hydrogen) atoms. The lowest BCUT2D eigenvalue weighted by Crippen LogP contribution is -2.54. The summed E-state index contributed by atoms with van der Waals surface area (Å²) in [6.45, 7) is 10.0. The Morgan fingerprint density at radius 1 is 1.07 bits per heavy atom. The van der Waals surface area contributed by atoms with Gasteiger partial charge in [-0.3, -0.25) is 19.4 Å². The van der Waals surface area contributed by atoms with E-state index in [1.165, 1.54) is 0 Å². The number of carbonyl (C=O) groups excluding carboxylic acids is 2. The maximum Gasteiger partial charge on any atom is 0.238 e.